The van der Waals surface area contributed by atoms with E-state index < -0.39 is 0 Å². The molecular weight excluding hydrogens is 214 g/mol. The molecule has 1 aromatic rings. The van der Waals surface area contributed by atoms with Crippen molar-refractivity contribution in [2.75, 3.05) is 13.1 Å². The van der Waals surface area contributed by atoms with Gasteiger partial charge in [-0.25, -0.2) is 0 Å². The van der Waals surface area contributed by atoms with E-state index in [-0.39, 0.29) is 11.9 Å². The van der Waals surface area contributed by atoms with Crippen molar-refractivity contribution in [1.29, 1.82) is 0 Å². The highest BCUT2D eigenvalue weighted by Gasteiger charge is 2.23. The zero-order valence-corrected chi connectivity index (χ0v) is 8.74. The molecule has 1 aliphatic heterocycles. The number of nitrogens with zero attached hydrogens (tertiary/aromatic N) is 2. The quantitative estimate of drug-likeness (QED) is 0.776. The number of benzene rings is 1. The molecule has 15 heavy (non-hydrogen) atoms. The maximum Gasteiger partial charge on any atom is 0.262 e. The lowest BCUT2D eigenvalue weighted by Crippen LogP contribution is -2.39. The van der Waals surface area contributed by atoms with E-state index in [9.17, 15) is 4.79 Å². The second-order valence-corrected chi connectivity index (χ2v) is 3.58. The molecule has 1 heterocycles. The van der Waals surface area contributed by atoms with Crippen LogP contribution in [0.2, 0.25) is 5.02 Å². The van der Waals surface area contributed by atoms with E-state index in [1.54, 1.807) is 24.3 Å². The molecule has 0 spiro atoms. The highest BCUT2D eigenvalue weighted by atomic mass is 35.5. The first-order valence-electron chi connectivity index (χ1n) is 4.56. The van der Waals surface area contributed by atoms with E-state index in [1.807, 2.05) is 0 Å². The molecule has 1 aromatic carbocycles. The molecule has 5 heteroatoms. The van der Waals surface area contributed by atoms with Gasteiger partial charge in [0.05, 0.1) is 17.1 Å². The summed E-state index contributed by atoms with van der Waals surface area (Å²) in [4.78, 5) is 17.3. The van der Waals surface area contributed by atoms with Crippen LogP contribution in [0.3, 0.4) is 0 Å². The zero-order valence-electron chi connectivity index (χ0n) is 7.98. The maximum absolute atomic E-state index is 12.0. The molecule has 0 atom stereocenters. The van der Waals surface area contributed by atoms with E-state index in [1.165, 1.54) is 4.90 Å². The minimum absolute atomic E-state index is 0.195. The molecule has 0 saturated carbocycles. The van der Waals surface area contributed by atoms with Crippen molar-refractivity contribution in [3.05, 3.63) is 34.9 Å². The fraction of sp³-hybridized carbons (Fsp3) is 0.200. The van der Waals surface area contributed by atoms with Gasteiger partial charge in [0.25, 0.3) is 5.91 Å². The summed E-state index contributed by atoms with van der Waals surface area (Å²) in [6, 6.07) is 6.90. The third-order valence-electron chi connectivity index (χ3n) is 2.22. The Morgan fingerprint density at radius 1 is 1.47 bits per heavy atom. The van der Waals surface area contributed by atoms with Crippen molar-refractivity contribution < 1.29 is 4.79 Å². The number of amides is 1. The van der Waals surface area contributed by atoms with Gasteiger partial charge in [-0.15, -0.1) is 0 Å². The zero-order chi connectivity index (χ0) is 10.8. The Morgan fingerprint density at radius 3 is 2.80 bits per heavy atom. The van der Waals surface area contributed by atoms with Crippen molar-refractivity contribution in [1.82, 2.24) is 4.90 Å². The van der Waals surface area contributed by atoms with Gasteiger partial charge in [-0.2, -0.15) is 0 Å². The first-order chi connectivity index (χ1) is 7.20. The first kappa shape index (κ1) is 9.98. The smallest absolute Gasteiger partial charge is 0.262 e. The standard InChI is InChI=1S/C10H10ClN3O/c11-8-4-2-1-3-7(8)9(15)14-6-5-13-10(14)12/h1-4H,5-6H2,(H2,12,13). The predicted octanol–water partition coefficient (Wildman–Crippen LogP) is 1.11. The Labute approximate surface area is 92.3 Å². The van der Waals surface area contributed by atoms with Crippen LogP contribution in [0.15, 0.2) is 29.3 Å². The Bertz CT molecular complexity index is 430. The highest BCUT2D eigenvalue weighted by Crippen LogP contribution is 2.17. The lowest BCUT2D eigenvalue weighted by molar-refractivity contribution is 0.0857. The van der Waals surface area contributed by atoms with Gasteiger partial charge in [0.1, 0.15) is 0 Å². The number of carbonyl (C=O) groups is 1. The fourth-order valence-electron chi connectivity index (χ4n) is 1.45. The van der Waals surface area contributed by atoms with Crippen LogP contribution in [-0.2, 0) is 0 Å². The Hall–Kier alpha value is -1.55. The summed E-state index contributed by atoms with van der Waals surface area (Å²) in [5.41, 5.74) is 6.04. The van der Waals surface area contributed by atoms with Crippen LogP contribution in [0.25, 0.3) is 0 Å². The molecule has 0 radical (unpaired) electrons. The topological polar surface area (TPSA) is 58.7 Å². The van der Waals surface area contributed by atoms with E-state index >= 15 is 0 Å². The molecule has 78 valence electrons. The van der Waals surface area contributed by atoms with Crippen molar-refractivity contribution >= 4 is 23.5 Å². The molecular formula is C10H10ClN3O. The average Bonchev–Trinajstić information content (AvgIpc) is 2.64. The monoisotopic (exact) mass is 223 g/mol. The summed E-state index contributed by atoms with van der Waals surface area (Å²) in [6.45, 7) is 1.08. The van der Waals surface area contributed by atoms with E-state index in [4.69, 9.17) is 17.3 Å². The Kier molecular flexibility index (Phi) is 2.60. The van der Waals surface area contributed by atoms with Gasteiger partial charge in [0, 0.05) is 6.54 Å². The Morgan fingerprint density at radius 2 is 2.20 bits per heavy atom. The van der Waals surface area contributed by atoms with Crippen LogP contribution < -0.4 is 5.73 Å². The molecule has 1 amide bonds. The van der Waals surface area contributed by atoms with Gasteiger partial charge in [-0.3, -0.25) is 14.7 Å². The number of halogens is 1. The molecule has 0 saturated heterocycles. The summed E-state index contributed by atoms with van der Waals surface area (Å²) < 4.78 is 0. The number of rotatable bonds is 1. The highest BCUT2D eigenvalue weighted by molar-refractivity contribution is 6.34. The Balaban J connectivity index is 2.29. The molecule has 2 rings (SSSR count). The number of aliphatic imine (C=N–C) groups is 1. The van der Waals surface area contributed by atoms with Crippen molar-refractivity contribution in [3.8, 4) is 0 Å². The number of hydrogen-bond acceptors (Lipinski definition) is 3. The first-order valence-corrected chi connectivity index (χ1v) is 4.94. The normalized spacial score (nSPS) is 15.3. The SMILES string of the molecule is NC1=NCCN1C(=O)c1ccccc1Cl. The van der Waals surface area contributed by atoms with Crippen LogP contribution in [0.1, 0.15) is 10.4 Å². The number of hydrogen-bond donors (Lipinski definition) is 1. The maximum atomic E-state index is 12.0. The van der Waals surface area contributed by atoms with E-state index in [0.29, 0.717) is 23.7 Å². The summed E-state index contributed by atoms with van der Waals surface area (Å²) in [5, 5.41) is 0.433. The van der Waals surface area contributed by atoms with Crippen molar-refractivity contribution in [3.63, 3.8) is 0 Å². The number of carbonyl (C=O) groups excluding carboxylic acids is 1. The van der Waals surface area contributed by atoms with Gasteiger partial charge in [-0.05, 0) is 12.1 Å². The molecule has 0 aliphatic carbocycles. The summed E-state index contributed by atoms with van der Waals surface area (Å²) >= 11 is 5.92. The number of nitrogens with two attached hydrogens (primary N) is 1. The van der Waals surface area contributed by atoms with Crippen LogP contribution in [0, 0.1) is 0 Å². The van der Waals surface area contributed by atoms with Gasteiger partial charge in [0.2, 0.25) is 0 Å². The third kappa shape index (κ3) is 1.80. The second-order valence-electron chi connectivity index (χ2n) is 3.18. The van der Waals surface area contributed by atoms with Gasteiger partial charge < -0.3 is 5.73 Å². The van der Waals surface area contributed by atoms with E-state index in [2.05, 4.69) is 4.99 Å². The van der Waals surface area contributed by atoms with Gasteiger partial charge in [0.15, 0.2) is 5.96 Å². The second kappa shape index (κ2) is 3.90. The fourth-order valence-corrected chi connectivity index (χ4v) is 1.67. The van der Waals surface area contributed by atoms with Crippen LogP contribution >= 0.6 is 11.6 Å². The molecule has 1 aliphatic rings. The van der Waals surface area contributed by atoms with Crippen LogP contribution in [0.4, 0.5) is 0 Å². The van der Waals surface area contributed by atoms with Crippen molar-refractivity contribution in [2.45, 2.75) is 0 Å². The molecule has 0 bridgehead atoms. The molecule has 0 aromatic heterocycles. The van der Waals surface area contributed by atoms with Crippen LogP contribution in [-0.4, -0.2) is 29.9 Å². The van der Waals surface area contributed by atoms with E-state index in [0.717, 1.165) is 0 Å². The molecule has 0 fully saturated rings. The largest absolute Gasteiger partial charge is 0.369 e. The van der Waals surface area contributed by atoms with Crippen molar-refractivity contribution in [2.24, 2.45) is 10.7 Å². The van der Waals surface area contributed by atoms with Gasteiger partial charge >= 0.3 is 0 Å². The third-order valence-corrected chi connectivity index (χ3v) is 2.55. The summed E-state index contributed by atoms with van der Waals surface area (Å²) in [6.07, 6.45) is 0. The molecule has 2 N–H and O–H groups in total. The summed E-state index contributed by atoms with van der Waals surface area (Å²) in [5.74, 6) is 0.0688. The van der Waals surface area contributed by atoms with Gasteiger partial charge in [-0.1, -0.05) is 23.7 Å². The predicted molar refractivity (Wildman–Crippen MR) is 59.0 cm³/mol. The lowest BCUT2D eigenvalue weighted by Gasteiger charge is -2.15. The van der Waals surface area contributed by atoms with Crippen LogP contribution in [0.5, 0.6) is 0 Å². The number of guanidine groups is 1. The minimum Gasteiger partial charge on any atom is -0.369 e. The minimum atomic E-state index is -0.195. The molecule has 4 nitrogen and oxygen atoms in total. The molecule has 0 unspecified atom stereocenters. The lowest BCUT2D eigenvalue weighted by atomic mass is 10.2. The average molecular weight is 224 g/mol. The summed E-state index contributed by atoms with van der Waals surface area (Å²) in [7, 11) is 0.